The number of nitrogens with two attached hydrogens (primary N) is 1. The van der Waals surface area contributed by atoms with Crippen molar-refractivity contribution in [1.82, 2.24) is 9.38 Å². The Morgan fingerprint density at radius 1 is 1.58 bits per heavy atom. The molecule has 0 aromatic carbocycles. The van der Waals surface area contributed by atoms with Gasteiger partial charge in [0, 0.05) is 24.6 Å². The number of rotatable bonds is 1. The van der Waals surface area contributed by atoms with E-state index < -0.39 is 0 Å². The van der Waals surface area contributed by atoms with Gasteiger partial charge >= 0.3 is 0 Å². The highest BCUT2D eigenvalue weighted by Gasteiger charge is 2.02. The van der Waals surface area contributed by atoms with E-state index in [0.29, 0.717) is 6.54 Å². The molecule has 0 amide bonds. The van der Waals surface area contributed by atoms with Crippen LogP contribution in [-0.2, 0) is 6.54 Å². The maximum atomic E-state index is 5.58. The molecule has 2 heterocycles. The predicted molar refractivity (Wildman–Crippen MR) is 47.8 cm³/mol. The fourth-order valence-electron chi connectivity index (χ4n) is 1.43. The fraction of sp³-hybridized carbons (Fsp3) is 0.222. The van der Waals surface area contributed by atoms with Gasteiger partial charge < -0.3 is 10.1 Å². The molecule has 2 N–H and O–H groups in total. The molecule has 0 bridgehead atoms. The maximum Gasteiger partial charge on any atom is 0.0639 e. The minimum Gasteiger partial charge on any atom is -0.326 e. The van der Waals surface area contributed by atoms with E-state index in [-0.39, 0.29) is 0 Å². The van der Waals surface area contributed by atoms with Crippen molar-refractivity contribution in [2.45, 2.75) is 13.5 Å². The molecule has 2 aromatic rings. The Labute approximate surface area is 70.8 Å². The van der Waals surface area contributed by atoms with Crippen molar-refractivity contribution in [2.24, 2.45) is 5.73 Å². The molecule has 2 rings (SSSR count). The third-order valence-electron chi connectivity index (χ3n) is 2.15. The number of fused-ring (bicyclic) bond motifs is 1. The molecule has 0 fully saturated rings. The monoisotopic (exact) mass is 161 g/mol. The smallest absolute Gasteiger partial charge is 0.0639 e. The topological polar surface area (TPSA) is 43.3 Å². The second-order valence-corrected chi connectivity index (χ2v) is 2.83. The quantitative estimate of drug-likeness (QED) is 0.680. The van der Waals surface area contributed by atoms with Gasteiger partial charge in [0.15, 0.2) is 0 Å². The van der Waals surface area contributed by atoms with Crippen molar-refractivity contribution in [3.63, 3.8) is 0 Å². The van der Waals surface area contributed by atoms with E-state index in [4.69, 9.17) is 5.73 Å². The lowest BCUT2D eigenvalue weighted by Gasteiger charge is -1.96. The zero-order valence-corrected chi connectivity index (χ0v) is 6.99. The van der Waals surface area contributed by atoms with Gasteiger partial charge in [-0.3, -0.25) is 4.98 Å². The molecule has 0 aliphatic heterocycles. The first kappa shape index (κ1) is 7.31. The Bertz CT molecular complexity index is 403. The van der Waals surface area contributed by atoms with Crippen LogP contribution < -0.4 is 5.73 Å². The number of aryl methyl sites for hydroxylation is 1. The minimum atomic E-state index is 0.591. The van der Waals surface area contributed by atoms with E-state index in [1.165, 1.54) is 11.3 Å². The number of aromatic nitrogens is 2. The van der Waals surface area contributed by atoms with E-state index in [1.54, 1.807) is 6.20 Å². The standard InChI is InChI=1S/C9H11N3/c1-7-8(5-10)4-9-6-11-2-3-12(7)9/h2-4,6H,5,10H2,1H3. The summed E-state index contributed by atoms with van der Waals surface area (Å²) in [5.41, 5.74) is 9.07. The third kappa shape index (κ3) is 0.905. The molecular weight excluding hydrogens is 150 g/mol. The van der Waals surface area contributed by atoms with Gasteiger partial charge in [0.05, 0.1) is 11.7 Å². The average molecular weight is 161 g/mol. The molecule has 3 heteroatoms. The van der Waals surface area contributed by atoms with Gasteiger partial charge in [-0.15, -0.1) is 0 Å². The summed E-state index contributed by atoms with van der Waals surface area (Å²) in [4.78, 5) is 4.04. The first-order chi connectivity index (χ1) is 5.83. The second-order valence-electron chi connectivity index (χ2n) is 2.83. The second kappa shape index (κ2) is 2.60. The number of hydrogen-bond donors (Lipinski definition) is 1. The van der Waals surface area contributed by atoms with Gasteiger partial charge in [0.2, 0.25) is 0 Å². The van der Waals surface area contributed by atoms with Crippen LogP contribution in [0, 0.1) is 6.92 Å². The molecule has 0 saturated heterocycles. The van der Waals surface area contributed by atoms with Crippen LogP contribution in [-0.4, -0.2) is 9.38 Å². The van der Waals surface area contributed by atoms with E-state index >= 15 is 0 Å². The van der Waals surface area contributed by atoms with Crippen molar-refractivity contribution in [3.05, 3.63) is 35.9 Å². The summed E-state index contributed by atoms with van der Waals surface area (Å²) in [6.07, 6.45) is 5.57. The SMILES string of the molecule is Cc1c(CN)cc2cnccn12. The molecule has 0 spiro atoms. The Kier molecular flexibility index (Phi) is 1.59. The highest BCUT2D eigenvalue weighted by Crippen LogP contribution is 2.13. The molecule has 3 nitrogen and oxygen atoms in total. The van der Waals surface area contributed by atoms with Crippen LogP contribution in [0.3, 0.4) is 0 Å². The summed E-state index contributed by atoms with van der Waals surface area (Å²) in [7, 11) is 0. The van der Waals surface area contributed by atoms with E-state index in [9.17, 15) is 0 Å². The number of hydrogen-bond acceptors (Lipinski definition) is 2. The molecule has 0 unspecified atom stereocenters. The van der Waals surface area contributed by atoms with Crippen LogP contribution in [0.4, 0.5) is 0 Å². The highest BCUT2D eigenvalue weighted by molar-refractivity contribution is 5.51. The van der Waals surface area contributed by atoms with Crippen LogP contribution in [0.1, 0.15) is 11.3 Å². The summed E-state index contributed by atoms with van der Waals surface area (Å²) >= 11 is 0. The Morgan fingerprint density at radius 2 is 2.42 bits per heavy atom. The molecule has 0 aliphatic carbocycles. The Balaban J connectivity index is 2.78. The first-order valence-corrected chi connectivity index (χ1v) is 3.93. The Hall–Kier alpha value is -1.35. The van der Waals surface area contributed by atoms with Crippen molar-refractivity contribution in [3.8, 4) is 0 Å². The molecular formula is C9H11N3. The van der Waals surface area contributed by atoms with E-state index in [1.807, 2.05) is 12.4 Å². The largest absolute Gasteiger partial charge is 0.326 e. The van der Waals surface area contributed by atoms with E-state index in [2.05, 4.69) is 22.4 Å². The van der Waals surface area contributed by atoms with Gasteiger partial charge in [0.25, 0.3) is 0 Å². The van der Waals surface area contributed by atoms with Crippen LogP contribution >= 0.6 is 0 Å². The molecule has 0 aliphatic rings. The highest BCUT2D eigenvalue weighted by atomic mass is 14.9. The van der Waals surface area contributed by atoms with Crippen LogP contribution in [0.15, 0.2) is 24.7 Å². The lowest BCUT2D eigenvalue weighted by atomic mass is 10.2. The maximum absolute atomic E-state index is 5.58. The number of nitrogens with zero attached hydrogens (tertiary/aromatic N) is 2. The summed E-state index contributed by atoms with van der Waals surface area (Å²) in [6.45, 7) is 2.66. The molecule has 0 atom stereocenters. The van der Waals surface area contributed by atoms with Crippen LogP contribution in [0.5, 0.6) is 0 Å². The fourth-order valence-corrected chi connectivity index (χ4v) is 1.43. The van der Waals surface area contributed by atoms with Gasteiger partial charge in [0.1, 0.15) is 0 Å². The van der Waals surface area contributed by atoms with Crippen molar-refractivity contribution < 1.29 is 0 Å². The lowest BCUT2D eigenvalue weighted by Crippen LogP contribution is -1.97. The van der Waals surface area contributed by atoms with Gasteiger partial charge in [-0.05, 0) is 18.6 Å². The molecule has 12 heavy (non-hydrogen) atoms. The summed E-state index contributed by atoms with van der Waals surface area (Å²) in [5, 5.41) is 0. The van der Waals surface area contributed by atoms with Crippen molar-refractivity contribution >= 4 is 5.52 Å². The third-order valence-corrected chi connectivity index (χ3v) is 2.15. The first-order valence-electron chi connectivity index (χ1n) is 3.93. The zero-order chi connectivity index (χ0) is 8.55. The van der Waals surface area contributed by atoms with Gasteiger partial charge in [-0.25, -0.2) is 0 Å². The van der Waals surface area contributed by atoms with Crippen LogP contribution in [0.25, 0.3) is 5.52 Å². The Morgan fingerprint density at radius 3 is 3.08 bits per heavy atom. The molecule has 62 valence electrons. The van der Waals surface area contributed by atoms with Crippen molar-refractivity contribution in [2.75, 3.05) is 0 Å². The van der Waals surface area contributed by atoms with Crippen LogP contribution in [0.2, 0.25) is 0 Å². The molecule has 0 radical (unpaired) electrons. The average Bonchev–Trinajstić information content (AvgIpc) is 2.44. The van der Waals surface area contributed by atoms with E-state index in [0.717, 1.165) is 5.52 Å². The predicted octanol–water partition coefficient (Wildman–Crippen LogP) is 1.10. The normalized spacial score (nSPS) is 10.8. The lowest BCUT2D eigenvalue weighted by molar-refractivity contribution is 1.01. The summed E-state index contributed by atoms with van der Waals surface area (Å²) < 4.78 is 2.09. The zero-order valence-electron chi connectivity index (χ0n) is 6.99. The minimum absolute atomic E-state index is 0.591. The van der Waals surface area contributed by atoms with Gasteiger partial charge in [-0.1, -0.05) is 0 Å². The van der Waals surface area contributed by atoms with Gasteiger partial charge in [-0.2, -0.15) is 0 Å². The van der Waals surface area contributed by atoms with Crippen molar-refractivity contribution in [1.29, 1.82) is 0 Å². The molecule has 0 saturated carbocycles. The summed E-state index contributed by atoms with van der Waals surface area (Å²) in [6, 6.07) is 2.07. The summed E-state index contributed by atoms with van der Waals surface area (Å²) in [5.74, 6) is 0. The molecule has 2 aromatic heterocycles.